The van der Waals surface area contributed by atoms with Crippen molar-refractivity contribution in [1.29, 1.82) is 0 Å². The van der Waals surface area contributed by atoms with Crippen molar-refractivity contribution < 1.29 is 4.79 Å². The first-order valence-electron chi connectivity index (χ1n) is 10.1. The Kier molecular flexibility index (Phi) is 6.80. The van der Waals surface area contributed by atoms with Crippen molar-refractivity contribution in [3.63, 3.8) is 0 Å². The van der Waals surface area contributed by atoms with Gasteiger partial charge in [-0.05, 0) is 50.3 Å². The van der Waals surface area contributed by atoms with E-state index < -0.39 is 0 Å². The average Bonchev–Trinajstić information content (AvgIpc) is 3.37. The van der Waals surface area contributed by atoms with Crippen LogP contribution in [-0.4, -0.2) is 49.5 Å². The summed E-state index contributed by atoms with van der Waals surface area (Å²) in [5.74, 6) is 1.18. The highest BCUT2D eigenvalue weighted by atomic mass is 127. The number of halogens is 2. The minimum Gasteiger partial charge on any atom is -0.357 e. The number of nitrogens with one attached hydrogen (secondary N) is 2. The van der Waals surface area contributed by atoms with Gasteiger partial charge in [-0.2, -0.15) is 0 Å². The quantitative estimate of drug-likeness (QED) is 0.366. The molecule has 2 aliphatic heterocycles. The van der Waals surface area contributed by atoms with Crippen LogP contribution < -0.4 is 10.6 Å². The van der Waals surface area contributed by atoms with Crippen molar-refractivity contribution in [1.82, 2.24) is 15.5 Å². The molecule has 2 heterocycles. The first-order valence-corrected chi connectivity index (χ1v) is 10.5. The third-order valence-corrected chi connectivity index (χ3v) is 6.55. The number of nitrogens with zero attached hydrogens (tertiary/aromatic N) is 2. The molecule has 2 N–H and O–H groups in total. The van der Waals surface area contributed by atoms with Gasteiger partial charge in [0.05, 0.1) is 6.54 Å². The highest BCUT2D eigenvalue weighted by molar-refractivity contribution is 14.0. The number of amides is 1. The fraction of sp³-hybridized carbons (Fsp3) is 0.619. The second-order valence-electron chi connectivity index (χ2n) is 8.44. The molecule has 3 fully saturated rings. The number of likely N-dealkylation sites (tertiary alicyclic amines) is 1. The summed E-state index contributed by atoms with van der Waals surface area (Å²) >= 11 is 6.20. The zero-order valence-electron chi connectivity index (χ0n) is 16.5. The lowest BCUT2D eigenvalue weighted by atomic mass is 9.79. The van der Waals surface area contributed by atoms with Crippen molar-refractivity contribution in [2.45, 2.75) is 44.4 Å². The van der Waals surface area contributed by atoms with E-state index in [1.165, 1.54) is 18.4 Å². The molecule has 0 bridgehead atoms. The van der Waals surface area contributed by atoms with E-state index in [0.29, 0.717) is 6.42 Å². The summed E-state index contributed by atoms with van der Waals surface area (Å²) in [6.07, 6.45) is 5.21. The van der Waals surface area contributed by atoms with Gasteiger partial charge in [-0.3, -0.25) is 9.79 Å². The van der Waals surface area contributed by atoms with E-state index in [-0.39, 0.29) is 40.7 Å². The molecule has 7 heteroatoms. The van der Waals surface area contributed by atoms with Gasteiger partial charge in [-0.15, -0.1) is 24.0 Å². The van der Waals surface area contributed by atoms with E-state index in [1.807, 2.05) is 12.1 Å². The molecule has 1 aromatic rings. The van der Waals surface area contributed by atoms with Crippen molar-refractivity contribution in [3.05, 3.63) is 34.9 Å². The number of hydrogen-bond donors (Lipinski definition) is 2. The Morgan fingerprint density at radius 3 is 2.82 bits per heavy atom. The summed E-state index contributed by atoms with van der Waals surface area (Å²) in [6.45, 7) is 6.46. The van der Waals surface area contributed by atoms with E-state index in [2.05, 4.69) is 34.6 Å². The molecule has 0 aromatic heterocycles. The van der Waals surface area contributed by atoms with Crippen LogP contribution in [0, 0.1) is 5.41 Å². The SMILES string of the molecule is CCNC(=NCC1(c2cccc(Cl)c2)CC1)N1CCCC2(CNC(=O)C2)C1.I. The molecule has 28 heavy (non-hydrogen) atoms. The second kappa shape index (κ2) is 8.78. The maximum absolute atomic E-state index is 11.8. The molecule has 1 atom stereocenters. The van der Waals surface area contributed by atoms with Gasteiger partial charge >= 0.3 is 0 Å². The molecular weight excluding hydrogens is 487 g/mol. The van der Waals surface area contributed by atoms with E-state index >= 15 is 0 Å². The van der Waals surface area contributed by atoms with Gasteiger partial charge < -0.3 is 15.5 Å². The Balaban J connectivity index is 0.00000225. The number of carbonyl (C=O) groups is 1. The van der Waals surface area contributed by atoms with E-state index in [9.17, 15) is 4.79 Å². The van der Waals surface area contributed by atoms with E-state index in [0.717, 1.165) is 56.5 Å². The molecule has 0 radical (unpaired) electrons. The van der Waals surface area contributed by atoms with Crippen LogP contribution in [0.4, 0.5) is 0 Å². The lowest BCUT2D eigenvalue weighted by molar-refractivity contribution is -0.119. The molecule has 1 aliphatic carbocycles. The zero-order valence-corrected chi connectivity index (χ0v) is 19.6. The minimum absolute atomic E-state index is 0. The number of rotatable bonds is 4. The Morgan fingerprint density at radius 2 is 2.18 bits per heavy atom. The van der Waals surface area contributed by atoms with Crippen LogP contribution >= 0.6 is 35.6 Å². The molecule has 2 saturated heterocycles. The monoisotopic (exact) mass is 516 g/mol. The van der Waals surface area contributed by atoms with Gasteiger partial charge in [0.15, 0.2) is 5.96 Å². The summed E-state index contributed by atoms with van der Waals surface area (Å²) < 4.78 is 0. The van der Waals surface area contributed by atoms with Gasteiger partial charge in [0.1, 0.15) is 0 Å². The third-order valence-electron chi connectivity index (χ3n) is 6.31. The zero-order chi connectivity index (χ0) is 18.9. The first-order chi connectivity index (χ1) is 13.0. The summed E-state index contributed by atoms with van der Waals surface area (Å²) in [5.41, 5.74) is 1.52. The van der Waals surface area contributed by atoms with Gasteiger partial charge in [0, 0.05) is 48.5 Å². The van der Waals surface area contributed by atoms with Gasteiger partial charge in [-0.1, -0.05) is 23.7 Å². The summed E-state index contributed by atoms with van der Waals surface area (Å²) in [4.78, 5) is 19.2. The summed E-state index contributed by atoms with van der Waals surface area (Å²) in [5, 5.41) is 7.30. The smallest absolute Gasteiger partial charge is 0.220 e. The van der Waals surface area contributed by atoms with Crippen LogP contribution in [0.15, 0.2) is 29.3 Å². The normalized spacial score (nSPS) is 26.0. The highest BCUT2D eigenvalue weighted by Crippen LogP contribution is 2.49. The molecule has 4 rings (SSSR count). The largest absolute Gasteiger partial charge is 0.357 e. The Hall–Kier alpha value is -1.02. The lowest BCUT2D eigenvalue weighted by Crippen LogP contribution is -2.51. The third kappa shape index (κ3) is 4.58. The Labute approximate surface area is 189 Å². The van der Waals surface area contributed by atoms with Crippen molar-refractivity contribution in [2.24, 2.45) is 10.4 Å². The van der Waals surface area contributed by atoms with Crippen molar-refractivity contribution in [2.75, 3.05) is 32.7 Å². The molecule has 1 saturated carbocycles. The predicted molar refractivity (Wildman–Crippen MR) is 125 cm³/mol. The maximum Gasteiger partial charge on any atom is 0.220 e. The molecule has 1 amide bonds. The minimum atomic E-state index is 0. The predicted octanol–water partition coefficient (Wildman–Crippen LogP) is 3.56. The standard InChI is InChI=1S/C21H29ClN4O.HI/c1-2-23-19(26-10-4-7-20(15-26)12-18(27)24-13-20)25-14-21(8-9-21)16-5-3-6-17(22)11-16;/h3,5-6,11H,2,4,7-10,12-15H2,1H3,(H,23,25)(H,24,27);1H. The molecule has 1 unspecified atom stereocenters. The number of aliphatic imine (C=N–C) groups is 1. The number of hydrogen-bond acceptors (Lipinski definition) is 2. The van der Waals surface area contributed by atoms with Gasteiger partial charge in [0.25, 0.3) is 0 Å². The van der Waals surface area contributed by atoms with Crippen LogP contribution in [0.3, 0.4) is 0 Å². The fourth-order valence-electron chi connectivity index (χ4n) is 4.59. The number of carbonyl (C=O) groups excluding carboxylic acids is 1. The van der Waals surface area contributed by atoms with Crippen molar-refractivity contribution >= 4 is 47.4 Å². The average molecular weight is 517 g/mol. The van der Waals surface area contributed by atoms with E-state index in [4.69, 9.17) is 16.6 Å². The van der Waals surface area contributed by atoms with Crippen LogP contribution in [0.1, 0.15) is 44.6 Å². The van der Waals surface area contributed by atoms with E-state index in [1.54, 1.807) is 0 Å². The highest BCUT2D eigenvalue weighted by Gasteiger charge is 2.45. The fourth-order valence-corrected chi connectivity index (χ4v) is 4.78. The molecule has 1 spiro atoms. The molecular formula is C21H30ClIN4O. The maximum atomic E-state index is 11.8. The van der Waals surface area contributed by atoms with Crippen LogP contribution in [0.2, 0.25) is 5.02 Å². The number of guanidine groups is 1. The number of benzene rings is 1. The van der Waals surface area contributed by atoms with Crippen LogP contribution in [0.5, 0.6) is 0 Å². The Morgan fingerprint density at radius 1 is 1.36 bits per heavy atom. The lowest BCUT2D eigenvalue weighted by Gasteiger charge is -2.41. The van der Waals surface area contributed by atoms with Gasteiger partial charge in [0.2, 0.25) is 5.91 Å². The van der Waals surface area contributed by atoms with Crippen molar-refractivity contribution in [3.8, 4) is 0 Å². The molecule has 1 aromatic carbocycles. The summed E-state index contributed by atoms with van der Waals surface area (Å²) in [6, 6.07) is 8.22. The summed E-state index contributed by atoms with van der Waals surface area (Å²) in [7, 11) is 0. The van der Waals surface area contributed by atoms with Crippen LogP contribution in [0.25, 0.3) is 0 Å². The van der Waals surface area contributed by atoms with Gasteiger partial charge in [-0.25, -0.2) is 0 Å². The molecule has 154 valence electrons. The van der Waals surface area contributed by atoms with Crippen LogP contribution in [-0.2, 0) is 10.2 Å². The first kappa shape index (κ1) is 21.7. The Bertz CT molecular complexity index is 752. The topological polar surface area (TPSA) is 56.7 Å². The molecule has 3 aliphatic rings. The number of piperidine rings is 1. The second-order valence-corrected chi connectivity index (χ2v) is 8.88. The molecule has 5 nitrogen and oxygen atoms in total.